The highest BCUT2D eigenvalue weighted by atomic mass is 32.1. The molecule has 0 bridgehead atoms. The molecule has 4 rings (SSSR count). The molecule has 38 heavy (non-hydrogen) atoms. The van der Waals surface area contributed by atoms with Gasteiger partial charge in [0.05, 0.1) is 25.9 Å². The van der Waals surface area contributed by atoms with Crippen molar-refractivity contribution in [1.29, 1.82) is 0 Å². The van der Waals surface area contributed by atoms with E-state index >= 15 is 0 Å². The van der Waals surface area contributed by atoms with Gasteiger partial charge in [-0.3, -0.25) is 9.59 Å². The molecule has 3 atom stereocenters. The number of esters is 2. The quantitative estimate of drug-likeness (QED) is 0.340. The van der Waals surface area contributed by atoms with Crippen molar-refractivity contribution >= 4 is 29.1 Å². The van der Waals surface area contributed by atoms with Crippen LogP contribution in [0.15, 0.2) is 58.3 Å². The lowest BCUT2D eigenvalue weighted by molar-refractivity contribution is -0.152. The second-order valence-corrected chi connectivity index (χ2v) is 10.1. The van der Waals surface area contributed by atoms with Gasteiger partial charge < -0.3 is 24.6 Å². The summed E-state index contributed by atoms with van der Waals surface area (Å²) in [6, 6.07) is 8.59. The third-order valence-corrected chi connectivity index (χ3v) is 7.89. The van der Waals surface area contributed by atoms with E-state index in [4.69, 9.17) is 14.2 Å². The molecule has 202 valence electrons. The van der Waals surface area contributed by atoms with E-state index in [-0.39, 0.29) is 30.5 Å². The van der Waals surface area contributed by atoms with Crippen LogP contribution < -0.4 is 10.1 Å². The summed E-state index contributed by atoms with van der Waals surface area (Å²) in [5.74, 6) is -3.60. The number of benzene rings is 1. The van der Waals surface area contributed by atoms with Gasteiger partial charge in [-0.05, 0) is 55.8 Å². The molecule has 8 nitrogen and oxygen atoms in total. The minimum absolute atomic E-state index is 0.0630. The number of hydrogen-bond donors (Lipinski definition) is 2. The summed E-state index contributed by atoms with van der Waals surface area (Å²) in [6.07, 6.45) is 1.73. The highest BCUT2D eigenvalue weighted by Gasteiger charge is 2.49. The molecule has 0 spiro atoms. The number of Topliss-reactive ketones (excluding diaryl/α,β-unsaturated/α-hetero) is 1. The van der Waals surface area contributed by atoms with Crippen LogP contribution in [-0.4, -0.2) is 43.2 Å². The molecule has 1 aromatic carbocycles. The third-order valence-electron chi connectivity index (χ3n) is 6.89. The smallest absolute Gasteiger partial charge is 0.336 e. The van der Waals surface area contributed by atoms with Crippen molar-refractivity contribution in [3.63, 3.8) is 0 Å². The van der Waals surface area contributed by atoms with Crippen LogP contribution in [0.4, 0.5) is 0 Å². The number of phenolic OH excluding ortho intramolecular Hbond substituents is 1. The molecule has 1 aliphatic carbocycles. The van der Waals surface area contributed by atoms with Crippen molar-refractivity contribution < 1.29 is 33.7 Å². The lowest BCUT2D eigenvalue weighted by atomic mass is 9.68. The van der Waals surface area contributed by atoms with Crippen LogP contribution >= 0.6 is 11.3 Å². The predicted molar refractivity (Wildman–Crippen MR) is 143 cm³/mol. The molecule has 2 N–H and O–H groups in total. The zero-order valence-corrected chi connectivity index (χ0v) is 22.9. The van der Waals surface area contributed by atoms with Gasteiger partial charge in [0.25, 0.3) is 0 Å². The fraction of sp³-hybridized carbons (Fsp3) is 0.414. The summed E-state index contributed by atoms with van der Waals surface area (Å²) in [7, 11) is 1.44. The second kappa shape index (κ2) is 11.9. The van der Waals surface area contributed by atoms with Crippen molar-refractivity contribution in [3.05, 3.63) is 68.7 Å². The first-order chi connectivity index (χ1) is 18.4. The molecule has 0 saturated carbocycles. The van der Waals surface area contributed by atoms with E-state index < -0.39 is 29.7 Å². The van der Waals surface area contributed by atoms with E-state index in [2.05, 4.69) is 5.32 Å². The molecule has 0 unspecified atom stereocenters. The van der Waals surface area contributed by atoms with Crippen molar-refractivity contribution in [1.82, 2.24) is 5.32 Å². The number of nitrogens with one attached hydrogen (secondary N) is 1. The van der Waals surface area contributed by atoms with Crippen LogP contribution in [0.3, 0.4) is 0 Å². The van der Waals surface area contributed by atoms with Crippen LogP contribution in [0.5, 0.6) is 11.5 Å². The number of phenols is 1. The van der Waals surface area contributed by atoms with E-state index in [1.807, 2.05) is 24.4 Å². The Balaban J connectivity index is 1.95. The summed E-state index contributed by atoms with van der Waals surface area (Å²) in [5, 5.41) is 15.6. The Morgan fingerprint density at radius 3 is 2.53 bits per heavy atom. The van der Waals surface area contributed by atoms with Crippen LogP contribution in [0, 0.1) is 5.92 Å². The van der Waals surface area contributed by atoms with Crippen LogP contribution in [0.2, 0.25) is 0 Å². The minimum atomic E-state index is -1.05. The number of rotatable bonds is 9. The topological polar surface area (TPSA) is 111 Å². The molecular formula is C29H33NO7S. The number of ether oxygens (including phenoxy) is 3. The maximum atomic E-state index is 14.3. The van der Waals surface area contributed by atoms with E-state index in [9.17, 15) is 19.5 Å². The maximum absolute atomic E-state index is 14.3. The highest BCUT2D eigenvalue weighted by molar-refractivity contribution is 7.10. The van der Waals surface area contributed by atoms with Crippen LogP contribution in [0.1, 0.15) is 62.3 Å². The molecule has 1 aliphatic heterocycles. The summed E-state index contributed by atoms with van der Waals surface area (Å²) < 4.78 is 16.2. The normalized spacial score (nSPS) is 21.1. The van der Waals surface area contributed by atoms with Gasteiger partial charge >= 0.3 is 11.9 Å². The van der Waals surface area contributed by atoms with Gasteiger partial charge in [0.1, 0.15) is 5.92 Å². The van der Waals surface area contributed by atoms with Crippen molar-refractivity contribution in [2.24, 2.45) is 5.92 Å². The Morgan fingerprint density at radius 2 is 1.89 bits per heavy atom. The van der Waals surface area contributed by atoms with Gasteiger partial charge in [-0.15, -0.1) is 11.3 Å². The fourth-order valence-electron chi connectivity index (χ4n) is 5.32. The fourth-order valence-corrected chi connectivity index (χ4v) is 6.19. The summed E-state index contributed by atoms with van der Waals surface area (Å²) in [6.45, 7) is 5.77. The zero-order chi connectivity index (χ0) is 27.4. The summed E-state index contributed by atoms with van der Waals surface area (Å²) in [5.41, 5.74) is 2.62. The summed E-state index contributed by atoms with van der Waals surface area (Å²) >= 11 is 1.50. The van der Waals surface area contributed by atoms with E-state index in [0.717, 1.165) is 11.3 Å². The Morgan fingerprint density at radius 1 is 1.13 bits per heavy atom. The Labute approximate surface area is 226 Å². The molecule has 0 saturated heterocycles. The lowest BCUT2D eigenvalue weighted by Crippen LogP contribution is -2.43. The Bertz CT molecular complexity index is 1280. The second-order valence-electron chi connectivity index (χ2n) is 9.16. The maximum Gasteiger partial charge on any atom is 0.336 e. The molecule has 2 aromatic rings. The number of carbonyl (C=O) groups is 3. The number of carbonyl (C=O) groups excluding carboxylic acids is 3. The first kappa shape index (κ1) is 27.4. The van der Waals surface area contributed by atoms with E-state index in [0.29, 0.717) is 40.9 Å². The minimum Gasteiger partial charge on any atom is -0.504 e. The average molecular weight is 540 g/mol. The number of methoxy groups -OCH3 is 1. The Kier molecular flexibility index (Phi) is 8.56. The van der Waals surface area contributed by atoms with Gasteiger partial charge in [-0.25, -0.2) is 4.79 Å². The Hall–Kier alpha value is -3.59. The molecule has 1 aromatic heterocycles. The molecule has 0 fully saturated rings. The SMILES string of the molecule is CCCC1=C(C(=O)OCC)[C@@H](c2ccc(O)c(OC)c2)C2=C(C[C@H](c3cccs3)[C@H](C(=O)OCC)C2=O)N1. The van der Waals surface area contributed by atoms with Crippen LogP contribution in [0.25, 0.3) is 0 Å². The highest BCUT2D eigenvalue weighted by Crippen LogP contribution is 2.50. The average Bonchev–Trinajstić information content (AvgIpc) is 3.43. The van der Waals surface area contributed by atoms with Gasteiger partial charge in [0, 0.05) is 33.7 Å². The van der Waals surface area contributed by atoms with Crippen LogP contribution in [-0.2, 0) is 23.9 Å². The summed E-state index contributed by atoms with van der Waals surface area (Å²) in [4.78, 5) is 41.9. The van der Waals surface area contributed by atoms with Gasteiger partial charge in [0.2, 0.25) is 0 Å². The van der Waals surface area contributed by atoms with E-state index in [1.165, 1.54) is 24.5 Å². The molecule has 0 amide bonds. The third kappa shape index (κ3) is 5.07. The molecule has 2 heterocycles. The van der Waals surface area contributed by atoms with Gasteiger partial charge in [0.15, 0.2) is 17.3 Å². The first-order valence-electron chi connectivity index (χ1n) is 12.9. The molecule has 9 heteroatoms. The van der Waals surface area contributed by atoms with Gasteiger partial charge in [-0.1, -0.05) is 25.5 Å². The number of ketones is 1. The number of allylic oxidation sites excluding steroid dienone is 3. The molecule has 2 aliphatic rings. The monoisotopic (exact) mass is 539 g/mol. The zero-order valence-electron chi connectivity index (χ0n) is 22.0. The first-order valence-corrected chi connectivity index (χ1v) is 13.7. The number of dihydropyridines is 1. The molecule has 0 radical (unpaired) electrons. The van der Waals surface area contributed by atoms with Gasteiger partial charge in [-0.2, -0.15) is 0 Å². The predicted octanol–water partition coefficient (Wildman–Crippen LogP) is 4.96. The molecular weight excluding hydrogens is 506 g/mol. The van der Waals surface area contributed by atoms with Crippen molar-refractivity contribution in [2.75, 3.05) is 20.3 Å². The number of thiophene rings is 1. The standard InChI is InChI=1S/C29H33NO7S/c1-5-9-18-26(29(34)37-7-3)23(16-11-12-20(31)21(14-16)35-4)25-19(30-18)15-17(22-10-8-13-38-22)24(27(25)32)28(33)36-6-2/h8,10-14,17,23-24,30-31H,5-7,9,15H2,1-4H3/t17-,23+,24+/m1/s1. The lowest BCUT2D eigenvalue weighted by Gasteiger charge is -2.39. The number of aromatic hydroxyl groups is 1. The largest absolute Gasteiger partial charge is 0.504 e. The van der Waals surface area contributed by atoms with E-state index in [1.54, 1.807) is 26.0 Å². The van der Waals surface area contributed by atoms with Crippen molar-refractivity contribution in [2.45, 2.75) is 51.9 Å². The van der Waals surface area contributed by atoms with Crippen molar-refractivity contribution in [3.8, 4) is 11.5 Å². The number of hydrogen-bond acceptors (Lipinski definition) is 9.